The third kappa shape index (κ3) is 2.79. The van der Waals surface area contributed by atoms with Crippen LogP contribution >= 0.6 is 7.14 Å². The molecule has 1 atom stereocenters. The Morgan fingerprint density at radius 2 is 1.50 bits per heavy atom. The van der Waals surface area contributed by atoms with Crippen molar-refractivity contribution < 1.29 is 23.9 Å². The summed E-state index contributed by atoms with van der Waals surface area (Å²) in [6.07, 6.45) is -0.449. The average molecular weight is 302 g/mol. The number of aliphatic hydroxyl groups excluding tert-OH is 1. The van der Waals surface area contributed by atoms with Crippen molar-refractivity contribution in [2.75, 3.05) is 27.7 Å². The molecule has 1 rings (SSSR count). The molecule has 0 spiro atoms. The van der Waals surface area contributed by atoms with Gasteiger partial charge in [0.05, 0.1) is 26.6 Å². The van der Waals surface area contributed by atoms with Crippen molar-refractivity contribution in [1.29, 1.82) is 0 Å². The molecule has 0 aliphatic rings. The summed E-state index contributed by atoms with van der Waals surface area (Å²) >= 11 is 0. The van der Waals surface area contributed by atoms with Gasteiger partial charge in [-0.1, -0.05) is 20.8 Å². The Morgan fingerprint density at radius 3 is 1.75 bits per heavy atom. The summed E-state index contributed by atoms with van der Waals surface area (Å²) in [7, 11) is 1.38. The van der Waals surface area contributed by atoms with Crippen molar-refractivity contribution in [1.82, 2.24) is 0 Å². The molecule has 1 unspecified atom stereocenters. The van der Waals surface area contributed by atoms with Gasteiger partial charge in [0.2, 0.25) is 0 Å². The van der Waals surface area contributed by atoms with E-state index >= 15 is 0 Å². The normalized spacial score (nSPS) is 14.6. The lowest BCUT2D eigenvalue weighted by atomic mass is 10.2. The van der Waals surface area contributed by atoms with Gasteiger partial charge in [-0.05, 0) is 0 Å². The van der Waals surface area contributed by atoms with Gasteiger partial charge in [-0.25, -0.2) is 0 Å². The van der Waals surface area contributed by atoms with Crippen LogP contribution in [-0.4, -0.2) is 37.9 Å². The molecule has 0 fully saturated rings. The molecule has 1 aromatic rings. The highest BCUT2D eigenvalue weighted by Crippen LogP contribution is 2.59. The predicted molar refractivity (Wildman–Crippen MR) is 80.2 cm³/mol. The van der Waals surface area contributed by atoms with Crippen molar-refractivity contribution in [2.24, 2.45) is 0 Å². The predicted octanol–water partition coefficient (Wildman–Crippen LogP) is 2.45. The number of benzene rings is 1. The van der Waals surface area contributed by atoms with Gasteiger partial charge in [-0.3, -0.25) is 0 Å². The maximum atomic E-state index is 13.3. The summed E-state index contributed by atoms with van der Waals surface area (Å²) in [5, 5.41) is 9.54. The summed E-state index contributed by atoms with van der Waals surface area (Å²) in [6.45, 7) is 5.48. The number of methoxy groups -OCH3 is 3. The monoisotopic (exact) mass is 302 g/mol. The molecule has 5 nitrogen and oxygen atoms in total. The summed E-state index contributed by atoms with van der Waals surface area (Å²) in [6, 6.07) is 3.29. The molecule has 1 N–H and O–H groups in total. The number of hydrogen-bond acceptors (Lipinski definition) is 5. The molecule has 0 radical (unpaired) electrons. The first-order valence-electron chi connectivity index (χ1n) is 6.25. The van der Waals surface area contributed by atoms with Gasteiger partial charge in [0, 0.05) is 17.3 Å². The molecule has 114 valence electrons. The molecule has 0 heterocycles. The summed E-state index contributed by atoms with van der Waals surface area (Å²) in [4.78, 5) is 0. The van der Waals surface area contributed by atoms with E-state index in [-0.39, 0.29) is 0 Å². The van der Waals surface area contributed by atoms with Gasteiger partial charge >= 0.3 is 0 Å². The molecule has 1 aromatic carbocycles. The molecule has 0 aliphatic carbocycles. The molecule has 0 saturated heterocycles. The van der Waals surface area contributed by atoms with Crippen LogP contribution in [0.3, 0.4) is 0 Å². The highest BCUT2D eigenvalue weighted by atomic mass is 31.2. The first-order valence-corrected chi connectivity index (χ1v) is 8.15. The minimum absolute atomic E-state index is 0.397. The smallest absolute Gasteiger partial charge is 0.152 e. The van der Waals surface area contributed by atoms with Crippen molar-refractivity contribution in [3.8, 4) is 17.2 Å². The number of hydrogen-bond donors (Lipinski definition) is 1. The number of ether oxygens (including phenoxy) is 3. The molecule has 0 bridgehead atoms. The van der Waals surface area contributed by atoms with E-state index in [1.54, 1.807) is 12.1 Å². The average Bonchev–Trinajstić information content (AvgIpc) is 2.43. The van der Waals surface area contributed by atoms with Gasteiger partial charge in [-0.15, -0.1) is 0 Å². The van der Waals surface area contributed by atoms with E-state index in [0.29, 0.717) is 22.6 Å². The first kappa shape index (κ1) is 16.9. The lowest BCUT2D eigenvalue weighted by Gasteiger charge is -2.32. The largest absolute Gasteiger partial charge is 0.496 e. The molecular formula is C14H23O5P. The Hall–Kier alpha value is -1.19. The van der Waals surface area contributed by atoms with Crippen LogP contribution in [0.2, 0.25) is 0 Å². The SMILES string of the molecule is COc1cc(OC)c(P(=O)(CO)C(C)(C)C)c(OC)c1. The van der Waals surface area contributed by atoms with E-state index in [9.17, 15) is 9.67 Å². The molecule has 6 heteroatoms. The van der Waals surface area contributed by atoms with E-state index in [4.69, 9.17) is 14.2 Å². The zero-order chi connectivity index (χ0) is 15.6. The van der Waals surface area contributed by atoms with E-state index < -0.39 is 18.6 Å². The number of aliphatic hydroxyl groups is 1. The second kappa shape index (κ2) is 6.06. The maximum absolute atomic E-state index is 13.3. The highest BCUT2D eigenvalue weighted by Gasteiger charge is 2.42. The van der Waals surface area contributed by atoms with Crippen LogP contribution in [0.15, 0.2) is 12.1 Å². The van der Waals surface area contributed by atoms with Gasteiger partial charge in [0.15, 0.2) is 7.14 Å². The molecule has 20 heavy (non-hydrogen) atoms. The van der Waals surface area contributed by atoms with Gasteiger partial charge in [-0.2, -0.15) is 0 Å². The van der Waals surface area contributed by atoms with Crippen LogP contribution in [-0.2, 0) is 4.57 Å². The van der Waals surface area contributed by atoms with Crippen LogP contribution in [0.4, 0.5) is 0 Å². The summed E-state index contributed by atoms with van der Waals surface area (Å²) in [5.41, 5.74) is 0. The van der Waals surface area contributed by atoms with Crippen molar-refractivity contribution in [3.63, 3.8) is 0 Å². The second-order valence-electron chi connectivity index (χ2n) is 5.43. The highest BCUT2D eigenvalue weighted by molar-refractivity contribution is 7.73. The zero-order valence-electron chi connectivity index (χ0n) is 12.9. The van der Waals surface area contributed by atoms with Gasteiger partial charge in [0.25, 0.3) is 0 Å². The van der Waals surface area contributed by atoms with Gasteiger partial charge < -0.3 is 23.9 Å². The van der Waals surface area contributed by atoms with Crippen molar-refractivity contribution >= 4 is 12.4 Å². The molecule has 0 aromatic heterocycles. The van der Waals surface area contributed by atoms with Crippen LogP contribution in [0.5, 0.6) is 17.2 Å². The number of rotatable bonds is 5. The van der Waals surface area contributed by atoms with Crippen LogP contribution in [0.1, 0.15) is 20.8 Å². The fraction of sp³-hybridized carbons (Fsp3) is 0.571. The minimum Gasteiger partial charge on any atom is -0.496 e. The lowest BCUT2D eigenvalue weighted by molar-refractivity contribution is 0.351. The Bertz CT molecular complexity index is 494. The van der Waals surface area contributed by atoms with Crippen LogP contribution in [0, 0.1) is 0 Å². The fourth-order valence-electron chi connectivity index (χ4n) is 1.96. The lowest BCUT2D eigenvalue weighted by Crippen LogP contribution is -2.27. The summed E-state index contributed by atoms with van der Waals surface area (Å²) < 4.78 is 29.1. The third-order valence-corrected chi connectivity index (χ3v) is 7.06. The molecule has 0 amide bonds. The summed E-state index contributed by atoms with van der Waals surface area (Å²) in [5.74, 6) is 1.34. The van der Waals surface area contributed by atoms with Crippen LogP contribution < -0.4 is 19.5 Å². The molecular weight excluding hydrogens is 279 g/mol. The maximum Gasteiger partial charge on any atom is 0.152 e. The van der Waals surface area contributed by atoms with Gasteiger partial charge in [0.1, 0.15) is 23.6 Å². The Balaban J connectivity index is 3.69. The second-order valence-corrected chi connectivity index (χ2v) is 8.98. The van der Waals surface area contributed by atoms with Crippen LogP contribution in [0.25, 0.3) is 0 Å². The Labute approximate surface area is 120 Å². The molecule has 0 aliphatic heterocycles. The van der Waals surface area contributed by atoms with E-state index in [2.05, 4.69) is 0 Å². The topological polar surface area (TPSA) is 65.0 Å². The zero-order valence-corrected chi connectivity index (χ0v) is 13.8. The van der Waals surface area contributed by atoms with E-state index in [1.165, 1.54) is 21.3 Å². The van der Waals surface area contributed by atoms with E-state index in [0.717, 1.165) is 0 Å². The minimum atomic E-state index is -3.13. The fourth-order valence-corrected chi connectivity index (χ4v) is 4.22. The Kier molecular flexibility index (Phi) is 5.11. The van der Waals surface area contributed by atoms with Crippen molar-refractivity contribution in [2.45, 2.75) is 25.9 Å². The first-order chi connectivity index (χ1) is 9.25. The van der Waals surface area contributed by atoms with E-state index in [1.807, 2.05) is 20.8 Å². The third-order valence-electron chi connectivity index (χ3n) is 3.33. The van der Waals surface area contributed by atoms with Crippen molar-refractivity contribution in [3.05, 3.63) is 12.1 Å². The quantitative estimate of drug-likeness (QED) is 0.846. The standard InChI is InChI=1S/C14H23O5P/c1-14(2,3)20(16,9-15)13-11(18-5)7-10(17-4)8-12(13)19-6/h7-8,15H,9H2,1-6H3. The Morgan fingerprint density at radius 1 is 1.05 bits per heavy atom. The molecule has 0 saturated carbocycles.